The third kappa shape index (κ3) is 2.34. The fraction of sp³-hybridized carbons (Fsp3) is 0.846. The summed E-state index contributed by atoms with van der Waals surface area (Å²) in [4.78, 5) is 23.4. The number of aliphatic hydroxyl groups is 2. The average molecular weight is 268 g/mol. The molecular weight excluding hydrogens is 248 g/mol. The Bertz CT molecular complexity index is 409. The summed E-state index contributed by atoms with van der Waals surface area (Å²) >= 11 is 0. The third-order valence-electron chi connectivity index (χ3n) is 4.61. The van der Waals surface area contributed by atoms with Gasteiger partial charge in [-0.15, -0.1) is 0 Å². The van der Waals surface area contributed by atoms with E-state index in [1.807, 2.05) is 0 Å². The number of rotatable bonds is 4. The van der Waals surface area contributed by atoms with E-state index in [2.05, 4.69) is 10.6 Å². The van der Waals surface area contributed by atoms with Crippen LogP contribution in [0.15, 0.2) is 0 Å². The molecular formula is C13H20N2O4. The van der Waals surface area contributed by atoms with Crippen LogP contribution in [0.25, 0.3) is 0 Å². The molecule has 2 bridgehead atoms. The first-order chi connectivity index (χ1) is 9.00. The molecule has 2 amide bonds. The Kier molecular flexibility index (Phi) is 3.02. The van der Waals surface area contributed by atoms with Crippen LogP contribution >= 0.6 is 0 Å². The molecule has 3 aliphatic carbocycles. The smallest absolute Gasteiger partial charge is 0.229 e. The molecule has 4 N–H and O–H groups in total. The molecule has 19 heavy (non-hydrogen) atoms. The highest BCUT2D eigenvalue weighted by Gasteiger charge is 2.57. The molecule has 6 heteroatoms. The van der Waals surface area contributed by atoms with Crippen molar-refractivity contribution in [1.29, 1.82) is 0 Å². The summed E-state index contributed by atoms with van der Waals surface area (Å²) in [7, 11) is 0. The predicted octanol–water partition coefficient (Wildman–Crippen LogP) is -0.954. The number of amides is 2. The van der Waals surface area contributed by atoms with E-state index in [0.717, 1.165) is 19.3 Å². The highest BCUT2D eigenvalue weighted by Crippen LogP contribution is 2.47. The van der Waals surface area contributed by atoms with E-state index >= 15 is 0 Å². The third-order valence-corrected chi connectivity index (χ3v) is 4.61. The first kappa shape index (κ1) is 12.9. The summed E-state index contributed by atoms with van der Waals surface area (Å²) in [6.45, 7) is 0. The molecule has 0 spiro atoms. The fourth-order valence-corrected chi connectivity index (χ4v) is 3.42. The Morgan fingerprint density at radius 2 is 1.89 bits per heavy atom. The van der Waals surface area contributed by atoms with E-state index in [1.165, 1.54) is 0 Å². The van der Waals surface area contributed by atoms with Crippen molar-refractivity contribution < 1.29 is 19.8 Å². The van der Waals surface area contributed by atoms with Crippen molar-refractivity contribution in [2.75, 3.05) is 0 Å². The minimum absolute atomic E-state index is 0.0654. The molecule has 106 valence electrons. The Hall–Kier alpha value is -1.14. The van der Waals surface area contributed by atoms with Gasteiger partial charge >= 0.3 is 0 Å². The van der Waals surface area contributed by atoms with Gasteiger partial charge < -0.3 is 20.8 Å². The number of carbonyl (C=O) groups excluding carboxylic acids is 2. The van der Waals surface area contributed by atoms with Crippen molar-refractivity contribution in [3.63, 3.8) is 0 Å². The van der Waals surface area contributed by atoms with Crippen molar-refractivity contribution in [2.24, 2.45) is 5.92 Å². The quantitative estimate of drug-likeness (QED) is 0.494. The number of fused-ring (bicyclic) bond motifs is 2. The van der Waals surface area contributed by atoms with Crippen molar-refractivity contribution in [3.05, 3.63) is 0 Å². The maximum absolute atomic E-state index is 11.9. The van der Waals surface area contributed by atoms with Gasteiger partial charge in [-0.2, -0.15) is 0 Å². The Morgan fingerprint density at radius 3 is 2.47 bits per heavy atom. The van der Waals surface area contributed by atoms with Crippen molar-refractivity contribution >= 4 is 11.8 Å². The van der Waals surface area contributed by atoms with Crippen molar-refractivity contribution in [1.82, 2.24) is 10.6 Å². The number of nitrogens with one attached hydrogen (secondary N) is 2. The molecule has 3 aliphatic rings. The molecule has 0 saturated heterocycles. The second kappa shape index (κ2) is 4.45. The molecule has 0 aromatic carbocycles. The highest BCUT2D eigenvalue weighted by molar-refractivity contribution is 5.97. The van der Waals surface area contributed by atoms with Crippen LogP contribution < -0.4 is 10.6 Å². The van der Waals surface area contributed by atoms with Crippen molar-refractivity contribution in [2.45, 2.75) is 62.3 Å². The molecule has 6 nitrogen and oxygen atoms in total. The lowest BCUT2D eigenvalue weighted by Gasteiger charge is -2.34. The van der Waals surface area contributed by atoms with Gasteiger partial charge in [-0.05, 0) is 38.0 Å². The van der Waals surface area contributed by atoms with Gasteiger partial charge in [-0.3, -0.25) is 9.59 Å². The summed E-state index contributed by atoms with van der Waals surface area (Å²) in [5.74, 6) is -0.568. The first-order valence-corrected chi connectivity index (χ1v) is 6.97. The summed E-state index contributed by atoms with van der Waals surface area (Å²) < 4.78 is 0. The summed E-state index contributed by atoms with van der Waals surface area (Å²) in [6, 6.07) is 0.244. The van der Waals surface area contributed by atoms with Gasteiger partial charge in [0.05, 0.1) is 11.6 Å². The molecule has 0 aromatic heterocycles. The van der Waals surface area contributed by atoms with Gasteiger partial charge in [-0.25, -0.2) is 0 Å². The van der Waals surface area contributed by atoms with Gasteiger partial charge in [0.15, 0.2) is 0 Å². The van der Waals surface area contributed by atoms with E-state index < -0.39 is 17.7 Å². The molecule has 3 fully saturated rings. The topological polar surface area (TPSA) is 98.7 Å². The zero-order chi connectivity index (χ0) is 13.6. The second-order valence-corrected chi connectivity index (χ2v) is 6.16. The SMILES string of the molecule is O=C(CC(=O)NC12CCC(C1)[C@H](O)[C@@H]2O)NC1CC1. The van der Waals surface area contributed by atoms with Crippen LogP contribution in [0.2, 0.25) is 0 Å². The summed E-state index contributed by atoms with van der Waals surface area (Å²) in [6.07, 6.45) is 2.19. The van der Waals surface area contributed by atoms with Gasteiger partial charge in [0.25, 0.3) is 0 Å². The number of carbonyl (C=O) groups is 2. The van der Waals surface area contributed by atoms with Crippen LogP contribution in [0.3, 0.4) is 0 Å². The van der Waals surface area contributed by atoms with Crippen LogP contribution in [0.1, 0.15) is 38.5 Å². The molecule has 0 heterocycles. The van der Waals surface area contributed by atoms with Crippen LogP contribution in [0.4, 0.5) is 0 Å². The fourth-order valence-electron chi connectivity index (χ4n) is 3.42. The average Bonchev–Trinajstić information content (AvgIpc) is 2.99. The lowest BCUT2D eigenvalue weighted by molar-refractivity contribution is -0.131. The standard InChI is InChI=1S/C13H20N2O4/c16-9(14-8-1-2-8)5-10(17)15-13-4-3-7(6-13)11(18)12(13)19/h7-8,11-12,18-19H,1-6H2,(H,14,16)(H,15,17)/t7?,11-,12-,13?/m0/s1. The molecule has 3 rings (SSSR count). The Balaban J connectivity index is 1.55. The Morgan fingerprint density at radius 1 is 1.16 bits per heavy atom. The van der Waals surface area contributed by atoms with Crippen LogP contribution in [-0.2, 0) is 9.59 Å². The minimum Gasteiger partial charge on any atom is -0.390 e. The molecule has 2 unspecified atom stereocenters. The highest BCUT2D eigenvalue weighted by atomic mass is 16.3. The normalized spacial score (nSPS) is 40.2. The number of hydrogen-bond acceptors (Lipinski definition) is 4. The van der Waals surface area contributed by atoms with Gasteiger partial charge in [0, 0.05) is 6.04 Å². The lowest BCUT2D eigenvalue weighted by Crippen LogP contribution is -2.56. The van der Waals surface area contributed by atoms with Gasteiger partial charge in [-0.1, -0.05) is 0 Å². The van der Waals surface area contributed by atoms with E-state index in [0.29, 0.717) is 12.8 Å². The maximum Gasteiger partial charge on any atom is 0.229 e. The zero-order valence-electron chi connectivity index (χ0n) is 10.8. The van der Waals surface area contributed by atoms with Crippen LogP contribution in [0, 0.1) is 5.92 Å². The summed E-state index contributed by atoms with van der Waals surface area (Å²) in [5.41, 5.74) is -0.721. The minimum atomic E-state index is -0.915. The van der Waals surface area contributed by atoms with E-state index in [-0.39, 0.29) is 30.2 Å². The van der Waals surface area contributed by atoms with Crippen molar-refractivity contribution in [3.8, 4) is 0 Å². The van der Waals surface area contributed by atoms with Gasteiger partial charge in [0.1, 0.15) is 12.5 Å². The lowest BCUT2D eigenvalue weighted by atomic mass is 9.88. The maximum atomic E-state index is 11.9. The zero-order valence-corrected chi connectivity index (χ0v) is 10.8. The van der Waals surface area contributed by atoms with E-state index in [9.17, 15) is 19.8 Å². The molecule has 4 atom stereocenters. The Labute approximate surface area is 111 Å². The number of aliphatic hydroxyl groups excluding tert-OH is 2. The second-order valence-electron chi connectivity index (χ2n) is 6.16. The monoisotopic (exact) mass is 268 g/mol. The largest absolute Gasteiger partial charge is 0.390 e. The summed E-state index contributed by atoms with van der Waals surface area (Å²) in [5, 5.41) is 25.3. The molecule has 3 saturated carbocycles. The first-order valence-electron chi connectivity index (χ1n) is 6.97. The molecule has 0 radical (unpaired) electrons. The van der Waals surface area contributed by atoms with Crippen LogP contribution in [-0.4, -0.2) is 45.8 Å². The van der Waals surface area contributed by atoms with Crippen LogP contribution in [0.5, 0.6) is 0 Å². The molecule has 0 aromatic rings. The number of hydrogen-bond donors (Lipinski definition) is 4. The van der Waals surface area contributed by atoms with E-state index in [4.69, 9.17) is 0 Å². The van der Waals surface area contributed by atoms with E-state index in [1.54, 1.807) is 0 Å². The predicted molar refractivity (Wildman–Crippen MR) is 66.0 cm³/mol. The van der Waals surface area contributed by atoms with Gasteiger partial charge in [0.2, 0.25) is 11.8 Å². The molecule has 0 aliphatic heterocycles.